The van der Waals surface area contributed by atoms with E-state index in [1.54, 1.807) is 30.6 Å². The summed E-state index contributed by atoms with van der Waals surface area (Å²) < 4.78 is 8.11. The first-order valence-electron chi connectivity index (χ1n) is 8.78. The minimum Gasteiger partial charge on any atom is -0.482 e. The average molecular weight is 444 g/mol. The molecular formula is C19H18BrN5O3. The maximum atomic E-state index is 12.5. The Hall–Kier alpha value is -2.94. The number of carbonyl (C=O) groups excluding carboxylic acids is 2. The molecule has 2 amide bonds. The summed E-state index contributed by atoms with van der Waals surface area (Å²) in [5.74, 6) is -0.0239. The number of rotatable bonds is 4. The Labute approximate surface area is 169 Å². The van der Waals surface area contributed by atoms with Gasteiger partial charge in [-0.2, -0.15) is 5.10 Å². The van der Waals surface area contributed by atoms with Crippen LogP contribution in [0.5, 0.6) is 5.75 Å². The van der Waals surface area contributed by atoms with E-state index < -0.39 is 0 Å². The van der Waals surface area contributed by atoms with Crippen LogP contribution in [0, 0.1) is 0 Å². The fourth-order valence-corrected chi connectivity index (χ4v) is 3.42. The minimum atomic E-state index is -0.318. The van der Waals surface area contributed by atoms with Crippen LogP contribution in [-0.2, 0) is 9.59 Å². The van der Waals surface area contributed by atoms with Crippen molar-refractivity contribution < 1.29 is 14.3 Å². The lowest BCUT2D eigenvalue weighted by molar-refractivity contribution is -0.123. The number of fused-ring (bicyclic) bond motifs is 2. The van der Waals surface area contributed by atoms with Crippen molar-refractivity contribution in [1.29, 1.82) is 0 Å². The molecule has 0 spiro atoms. The molecule has 0 atom stereocenters. The van der Waals surface area contributed by atoms with Crippen molar-refractivity contribution in [2.75, 3.05) is 23.4 Å². The molecule has 2 aromatic heterocycles. The maximum Gasteiger partial charge on any atom is 0.265 e. The number of hydrogen-bond donors (Lipinski definition) is 1. The van der Waals surface area contributed by atoms with Crippen LogP contribution < -0.4 is 15.0 Å². The Morgan fingerprint density at radius 3 is 2.93 bits per heavy atom. The summed E-state index contributed by atoms with van der Waals surface area (Å²) in [4.78, 5) is 30.6. The molecule has 1 aromatic carbocycles. The summed E-state index contributed by atoms with van der Waals surface area (Å²) in [5.41, 5.74) is 1.88. The van der Waals surface area contributed by atoms with Crippen molar-refractivity contribution in [3.63, 3.8) is 0 Å². The first-order chi connectivity index (χ1) is 13.4. The van der Waals surface area contributed by atoms with Crippen LogP contribution >= 0.6 is 15.9 Å². The number of nitrogens with zero attached hydrogens (tertiary/aromatic N) is 4. The van der Waals surface area contributed by atoms with E-state index >= 15 is 0 Å². The van der Waals surface area contributed by atoms with E-state index in [9.17, 15) is 9.59 Å². The molecule has 0 radical (unpaired) electrons. The third-order valence-electron chi connectivity index (χ3n) is 4.37. The third kappa shape index (κ3) is 3.45. The molecule has 0 fully saturated rings. The number of amides is 2. The van der Waals surface area contributed by atoms with E-state index in [4.69, 9.17) is 4.74 Å². The Morgan fingerprint density at radius 1 is 1.32 bits per heavy atom. The number of anilines is 2. The number of nitrogens with one attached hydrogen (secondary N) is 1. The minimum absolute atomic E-state index is 0.0986. The van der Waals surface area contributed by atoms with Crippen molar-refractivity contribution in [2.24, 2.45) is 0 Å². The number of aromatic nitrogens is 3. The zero-order chi connectivity index (χ0) is 19.8. The van der Waals surface area contributed by atoms with Crippen molar-refractivity contribution in [2.45, 2.75) is 19.9 Å². The van der Waals surface area contributed by atoms with Crippen molar-refractivity contribution in [1.82, 2.24) is 14.8 Å². The highest BCUT2D eigenvalue weighted by molar-refractivity contribution is 9.10. The van der Waals surface area contributed by atoms with Crippen molar-refractivity contribution in [3.05, 3.63) is 41.1 Å². The zero-order valence-corrected chi connectivity index (χ0v) is 16.9. The monoisotopic (exact) mass is 443 g/mol. The van der Waals surface area contributed by atoms with Crippen molar-refractivity contribution >= 4 is 50.2 Å². The predicted octanol–water partition coefficient (Wildman–Crippen LogP) is 3.14. The van der Waals surface area contributed by atoms with Gasteiger partial charge in [-0.05, 0) is 38.1 Å². The van der Waals surface area contributed by atoms with E-state index in [0.717, 1.165) is 15.5 Å². The van der Waals surface area contributed by atoms with E-state index in [-0.39, 0.29) is 31.0 Å². The van der Waals surface area contributed by atoms with Crippen molar-refractivity contribution in [3.8, 4) is 5.75 Å². The van der Waals surface area contributed by atoms with Gasteiger partial charge in [-0.3, -0.25) is 14.5 Å². The molecule has 28 heavy (non-hydrogen) atoms. The molecule has 0 saturated carbocycles. The van der Waals surface area contributed by atoms with Gasteiger partial charge in [-0.25, -0.2) is 9.67 Å². The molecule has 1 aliphatic rings. The second kappa shape index (κ2) is 7.23. The average Bonchev–Trinajstić information content (AvgIpc) is 3.07. The Bertz CT molecular complexity index is 1080. The highest BCUT2D eigenvalue weighted by Gasteiger charge is 2.27. The molecule has 0 saturated heterocycles. The maximum absolute atomic E-state index is 12.5. The van der Waals surface area contributed by atoms with Gasteiger partial charge in [0.2, 0.25) is 5.91 Å². The quantitative estimate of drug-likeness (QED) is 0.668. The molecule has 8 nitrogen and oxygen atoms in total. The molecule has 0 unspecified atom stereocenters. The van der Waals surface area contributed by atoms with E-state index in [1.807, 2.05) is 24.6 Å². The van der Waals surface area contributed by atoms with E-state index in [2.05, 4.69) is 31.3 Å². The zero-order valence-electron chi connectivity index (χ0n) is 15.3. The summed E-state index contributed by atoms with van der Waals surface area (Å²) in [6.07, 6.45) is 3.31. The largest absolute Gasteiger partial charge is 0.482 e. The molecule has 0 aliphatic carbocycles. The molecule has 0 bridgehead atoms. The van der Waals surface area contributed by atoms with Crippen LogP contribution in [-0.4, -0.2) is 39.7 Å². The van der Waals surface area contributed by atoms with E-state index in [1.165, 1.54) is 4.90 Å². The lowest BCUT2D eigenvalue weighted by Crippen LogP contribution is -2.43. The SMILES string of the molecule is CC(C)n1ncc2cc(NC(=O)CN3C(=O)COc4cc(Br)ccc43)cnc21. The van der Waals surface area contributed by atoms with Gasteiger partial charge >= 0.3 is 0 Å². The second-order valence-corrected chi connectivity index (χ2v) is 7.66. The van der Waals surface area contributed by atoms with Crippen LogP contribution in [0.1, 0.15) is 19.9 Å². The topological polar surface area (TPSA) is 89.4 Å². The van der Waals surface area contributed by atoms with Crippen LogP contribution in [0.4, 0.5) is 11.4 Å². The van der Waals surface area contributed by atoms with Crippen LogP contribution in [0.15, 0.2) is 41.1 Å². The standard InChI is InChI=1S/C19H18BrN5O3/c1-11(2)25-19-12(7-22-25)5-14(8-21-19)23-17(26)9-24-15-4-3-13(20)6-16(15)28-10-18(24)27/h3-8,11H,9-10H2,1-2H3,(H,23,26). The first kappa shape index (κ1) is 18.4. The van der Waals surface area contributed by atoms with Crippen LogP contribution in [0.2, 0.25) is 0 Å². The highest BCUT2D eigenvalue weighted by atomic mass is 79.9. The van der Waals surface area contributed by atoms with Crippen LogP contribution in [0.25, 0.3) is 11.0 Å². The number of carbonyl (C=O) groups is 2. The lowest BCUT2D eigenvalue weighted by Gasteiger charge is -2.28. The summed E-state index contributed by atoms with van der Waals surface area (Å²) in [6, 6.07) is 7.33. The van der Waals surface area contributed by atoms with Gasteiger partial charge in [0.05, 0.1) is 23.8 Å². The first-order valence-corrected chi connectivity index (χ1v) is 9.57. The van der Waals surface area contributed by atoms with Gasteiger partial charge in [-0.1, -0.05) is 15.9 Å². The number of pyridine rings is 1. The number of ether oxygens (including phenoxy) is 1. The smallest absolute Gasteiger partial charge is 0.265 e. The highest BCUT2D eigenvalue weighted by Crippen LogP contribution is 2.34. The summed E-state index contributed by atoms with van der Waals surface area (Å²) in [5, 5.41) is 7.96. The van der Waals surface area contributed by atoms with Gasteiger partial charge in [0.15, 0.2) is 12.3 Å². The predicted molar refractivity (Wildman–Crippen MR) is 109 cm³/mol. The molecular weight excluding hydrogens is 426 g/mol. The number of benzene rings is 1. The van der Waals surface area contributed by atoms with E-state index in [0.29, 0.717) is 17.1 Å². The molecule has 1 aliphatic heterocycles. The van der Waals surface area contributed by atoms with Gasteiger partial charge in [0.1, 0.15) is 12.3 Å². The van der Waals surface area contributed by atoms with Gasteiger partial charge in [0, 0.05) is 15.9 Å². The Morgan fingerprint density at radius 2 is 2.14 bits per heavy atom. The molecule has 1 N–H and O–H groups in total. The fraction of sp³-hybridized carbons (Fsp3) is 0.263. The number of halogens is 1. The van der Waals surface area contributed by atoms with Gasteiger partial charge in [0.25, 0.3) is 5.91 Å². The third-order valence-corrected chi connectivity index (χ3v) is 4.87. The fourth-order valence-electron chi connectivity index (χ4n) is 3.08. The lowest BCUT2D eigenvalue weighted by atomic mass is 10.2. The Balaban J connectivity index is 1.52. The molecule has 9 heteroatoms. The number of hydrogen-bond acceptors (Lipinski definition) is 5. The molecule has 4 rings (SSSR count). The summed E-state index contributed by atoms with van der Waals surface area (Å²) >= 11 is 3.37. The molecule has 144 valence electrons. The van der Waals surface area contributed by atoms with Crippen LogP contribution in [0.3, 0.4) is 0 Å². The summed E-state index contributed by atoms with van der Waals surface area (Å²) in [6.45, 7) is 3.85. The molecule has 3 aromatic rings. The Kier molecular flexibility index (Phi) is 4.76. The summed E-state index contributed by atoms with van der Waals surface area (Å²) in [7, 11) is 0. The second-order valence-electron chi connectivity index (χ2n) is 6.75. The normalized spacial score (nSPS) is 13.6. The van der Waals surface area contributed by atoms with Gasteiger partial charge < -0.3 is 10.1 Å². The molecule has 3 heterocycles. The van der Waals surface area contributed by atoms with Gasteiger partial charge in [-0.15, -0.1) is 0 Å².